The molecule has 2 N–H and O–H groups in total. The Morgan fingerprint density at radius 1 is 1.02 bits per heavy atom. The van der Waals surface area contributed by atoms with E-state index in [1.807, 2.05) is 30.9 Å². The van der Waals surface area contributed by atoms with Crippen LogP contribution in [0.1, 0.15) is 58.4 Å². The smallest absolute Gasteiger partial charge is 0.293 e. The summed E-state index contributed by atoms with van der Waals surface area (Å²) in [5.74, 6) is -2.49. The molecule has 46 heavy (non-hydrogen) atoms. The predicted octanol–water partition coefficient (Wildman–Crippen LogP) is 5.89. The van der Waals surface area contributed by atoms with Gasteiger partial charge in [-0.25, -0.2) is 13.8 Å². The Morgan fingerprint density at radius 2 is 1.78 bits per heavy atom. The number of carbonyl (C=O) groups is 2. The normalized spacial score (nSPS) is 16.8. The van der Waals surface area contributed by atoms with Gasteiger partial charge < -0.3 is 20.1 Å². The Hall–Kier alpha value is -4.42. The SMILES string of the molecule is CCN1CCN(CC)C(c2ccc(Nc3nc(-c4ccc(F)c(NC(=O)c5cc6c(s5)CCCC6)c4F)cn(C)c3=O)cc2)C1=O. The van der Waals surface area contributed by atoms with Crippen molar-refractivity contribution in [3.05, 3.63) is 91.5 Å². The number of aromatic nitrogens is 2. The first-order chi connectivity index (χ1) is 22.2. The molecule has 0 saturated carbocycles. The molecule has 4 aromatic rings. The lowest BCUT2D eigenvalue weighted by molar-refractivity contribution is -0.141. The molecule has 3 heterocycles. The number of rotatable bonds is 8. The van der Waals surface area contributed by atoms with E-state index in [4.69, 9.17) is 0 Å². The Kier molecular flexibility index (Phi) is 9.01. The van der Waals surface area contributed by atoms with E-state index in [0.717, 1.165) is 60.8 Å². The molecule has 0 bridgehead atoms. The van der Waals surface area contributed by atoms with Crippen molar-refractivity contribution in [1.29, 1.82) is 0 Å². The summed E-state index contributed by atoms with van der Waals surface area (Å²) in [6.45, 7) is 6.87. The van der Waals surface area contributed by atoms with Gasteiger partial charge in [-0.3, -0.25) is 19.3 Å². The summed E-state index contributed by atoms with van der Waals surface area (Å²) in [6, 6.07) is 10.9. The molecule has 2 aromatic heterocycles. The van der Waals surface area contributed by atoms with Gasteiger partial charge in [0.15, 0.2) is 11.6 Å². The zero-order chi connectivity index (χ0) is 32.5. The average Bonchev–Trinajstić information content (AvgIpc) is 3.50. The summed E-state index contributed by atoms with van der Waals surface area (Å²) in [5.41, 5.74) is 1.48. The van der Waals surface area contributed by atoms with Gasteiger partial charge in [-0.1, -0.05) is 19.1 Å². The molecule has 2 aromatic carbocycles. The summed E-state index contributed by atoms with van der Waals surface area (Å²) in [5, 5.41) is 5.44. The molecule has 2 aliphatic rings. The lowest BCUT2D eigenvalue weighted by Gasteiger charge is -2.40. The van der Waals surface area contributed by atoms with Gasteiger partial charge in [0.05, 0.1) is 10.6 Å². The highest BCUT2D eigenvalue weighted by Gasteiger charge is 2.34. The highest BCUT2D eigenvalue weighted by Crippen LogP contribution is 2.33. The number of fused-ring (bicyclic) bond motifs is 1. The van der Waals surface area contributed by atoms with Crippen molar-refractivity contribution in [1.82, 2.24) is 19.4 Å². The Balaban J connectivity index is 1.25. The van der Waals surface area contributed by atoms with Crippen LogP contribution in [0.15, 0.2) is 53.5 Å². The fraction of sp³-hybridized carbons (Fsp3) is 0.353. The van der Waals surface area contributed by atoms with Gasteiger partial charge in [-0.15, -0.1) is 11.3 Å². The minimum absolute atomic E-state index is 0.0611. The number of thiophene rings is 1. The van der Waals surface area contributed by atoms with Crippen molar-refractivity contribution in [3.63, 3.8) is 0 Å². The summed E-state index contributed by atoms with van der Waals surface area (Å²) < 4.78 is 32.0. The predicted molar refractivity (Wildman–Crippen MR) is 176 cm³/mol. The van der Waals surface area contributed by atoms with Crippen LogP contribution >= 0.6 is 11.3 Å². The maximum absolute atomic E-state index is 15.8. The standard InChI is InChI=1S/C34H36F2N6O3S/c1-4-41-16-17-42(5-2)33(44)30(41)20-10-12-22(13-11-20)37-31-34(45)40(3)19-25(38-31)23-14-15-24(35)29(28(23)36)39-32(43)27-18-21-8-6-7-9-26(21)46-27/h10-15,18-19,30H,4-9,16-17H2,1-3H3,(H,37,38)(H,39,43). The zero-order valence-corrected chi connectivity index (χ0v) is 26.8. The van der Waals surface area contributed by atoms with E-state index in [9.17, 15) is 18.8 Å². The van der Waals surface area contributed by atoms with Crippen LogP contribution in [0.4, 0.5) is 26.0 Å². The van der Waals surface area contributed by atoms with Crippen molar-refractivity contribution < 1.29 is 18.4 Å². The summed E-state index contributed by atoms with van der Waals surface area (Å²) in [4.78, 5) is 49.1. The van der Waals surface area contributed by atoms with Crippen LogP contribution in [-0.2, 0) is 24.7 Å². The molecule has 1 unspecified atom stereocenters. The zero-order valence-electron chi connectivity index (χ0n) is 26.0. The molecule has 1 aliphatic heterocycles. The maximum atomic E-state index is 15.8. The number of nitrogens with one attached hydrogen (secondary N) is 2. The molecule has 1 fully saturated rings. The van der Waals surface area contributed by atoms with Gasteiger partial charge in [-0.05, 0) is 80.6 Å². The number of benzene rings is 2. The molecule has 6 rings (SSSR count). The van der Waals surface area contributed by atoms with Crippen LogP contribution in [-0.4, -0.2) is 57.3 Å². The first-order valence-corrected chi connectivity index (χ1v) is 16.4. The van der Waals surface area contributed by atoms with E-state index in [0.29, 0.717) is 23.7 Å². The minimum atomic E-state index is -0.991. The monoisotopic (exact) mass is 646 g/mol. The molecule has 0 spiro atoms. The first kappa shape index (κ1) is 31.6. The topological polar surface area (TPSA) is 99.6 Å². The number of amides is 2. The third-order valence-corrected chi connectivity index (χ3v) is 9.98. The Bertz CT molecular complexity index is 1830. The highest BCUT2D eigenvalue weighted by atomic mass is 32.1. The lowest BCUT2D eigenvalue weighted by Crippen LogP contribution is -2.51. The van der Waals surface area contributed by atoms with Gasteiger partial charge in [0.1, 0.15) is 17.5 Å². The van der Waals surface area contributed by atoms with Gasteiger partial charge in [0.25, 0.3) is 11.5 Å². The molecule has 1 aliphatic carbocycles. The van der Waals surface area contributed by atoms with Gasteiger partial charge in [0, 0.05) is 49.0 Å². The van der Waals surface area contributed by atoms with Crippen LogP contribution in [0.3, 0.4) is 0 Å². The van der Waals surface area contributed by atoms with Crippen LogP contribution < -0.4 is 16.2 Å². The molecule has 9 nitrogen and oxygen atoms in total. The van der Waals surface area contributed by atoms with E-state index in [1.165, 1.54) is 35.2 Å². The second-order valence-electron chi connectivity index (χ2n) is 11.6. The third kappa shape index (κ3) is 6.06. The van der Waals surface area contributed by atoms with Crippen LogP contribution in [0.2, 0.25) is 0 Å². The lowest BCUT2D eigenvalue weighted by atomic mass is 9.99. The fourth-order valence-electron chi connectivity index (χ4n) is 6.17. The molecule has 0 radical (unpaired) electrons. The quantitative estimate of drug-likeness (QED) is 0.248. The fourth-order valence-corrected chi connectivity index (χ4v) is 7.32. The number of anilines is 3. The number of likely N-dealkylation sites (N-methyl/N-ethyl adjacent to an activating group) is 2. The minimum Gasteiger partial charge on any atom is -0.340 e. The molecule has 1 atom stereocenters. The second-order valence-corrected chi connectivity index (χ2v) is 12.7. The number of aryl methyl sites for hydroxylation is 3. The van der Waals surface area contributed by atoms with Crippen molar-refractivity contribution in [2.45, 2.75) is 45.6 Å². The molecule has 1 saturated heterocycles. The molecule has 240 valence electrons. The number of hydrogen-bond donors (Lipinski definition) is 2. The van der Waals surface area contributed by atoms with Gasteiger partial charge >= 0.3 is 0 Å². The first-order valence-electron chi connectivity index (χ1n) is 15.6. The molecule has 12 heteroatoms. The van der Waals surface area contributed by atoms with E-state index in [2.05, 4.69) is 20.5 Å². The maximum Gasteiger partial charge on any atom is 0.293 e. The van der Waals surface area contributed by atoms with Gasteiger partial charge in [0.2, 0.25) is 5.91 Å². The van der Waals surface area contributed by atoms with E-state index >= 15 is 4.39 Å². The third-order valence-electron chi connectivity index (χ3n) is 8.74. The summed E-state index contributed by atoms with van der Waals surface area (Å²) >= 11 is 1.36. The number of piperazine rings is 1. The van der Waals surface area contributed by atoms with Crippen molar-refractivity contribution in [3.8, 4) is 11.3 Å². The largest absolute Gasteiger partial charge is 0.340 e. The van der Waals surface area contributed by atoms with Gasteiger partial charge in [-0.2, -0.15) is 0 Å². The van der Waals surface area contributed by atoms with Crippen LogP contribution in [0.25, 0.3) is 11.3 Å². The average molecular weight is 647 g/mol. The van der Waals surface area contributed by atoms with E-state index in [-0.39, 0.29) is 29.0 Å². The number of hydrogen-bond acceptors (Lipinski definition) is 7. The Labute approximate surface area is 269 Å². The van der Waals surface area contributed by atoms with Crippen LogP contribution in [0, 0.1) is 11.6 Å². The Morgan fingerprint density at radius 3 is 2.50 bits per heavy atom. The highest BCUT2D eigenvalue weighted by molar-refractivity contribution is 7.14. The molecular weight excluding hydrogens is 610 g/mol. The van der Waals surface area contributed by atoms with E-state index in [1.54, 1.807) is 18.2 Å². The molecule has 2 amide bonds. The number of carbonyl (C=O) groups excluding carboxylic acids is 2. The van der Waals surface area contributed by atoms with E-state index < -0.39 is 28.8 Å². The summed E-state index contributed by atoms with van der Waals surface area (Å²) in [7, 11) is 1.51. The number of halogens is 2. The number of nitrogens with zero attached hydrogens (tertiary/aromatic N) is 4. The van der Waals surface area contributed by atoms with Crippen molar-refractivity contribution >= 4 is 40.3 Å². The van der Waals surface area contributed by atoms with Crippen molar-refractivity contribution in [2.24, 2.45) is 7.05 Å². The van der Waals surface area contributed by atoms with Crippen molar-refractivity contribution in [2.75, 3.05) is 36.8 Å². The second kappa shape index (κ2) is 13.1. The summed E-state index contributed by atoms with van der Waals surface area (Å²) in [6.07, 6.45) is 5.28. The van der Waals surface area contributed by atoms with Crippen LogP contribution in [0.5, 0.6) is 0 Å². The molecular formula is C34H36F2N6O3S.